The van der Waals surface area contributed by atoms with Gasteiger partial charge in [-0.15, -0.1) is 5.10 Å². The molecule has 1 atom stereocenters. The molecule has 0 radical (unpaired) electrons. The van der Waals surface area contributed by atoms with Gasteiger partial charge in [0.1, 0.15) is 6.04 Å². The van der Waals surface area contributed by atoms with Gasteiger partial charge < -0.3 is 15.6 Å². The molecule has 8 heteroatoms. The van der Waals surface area contributed by atoms with Gasteiger partial charge in [-0.3, -0.25) is 4.79 Å². The number of ether oxygens (including phenoxy) is 1. The largest absolute Gasteiger partial charge is 0.480 e. The van der Waals surface area contributed by atoms with Gasteiger partial charge in [-0.1, -0.05) is 17.3 Å². The zero-order chi connectivity index (χ0) is 15.4. The van der Waals surface area contributed by atoms with Crippen LogP contribution in [-0.4, -0.2) is 45.2 Å². The minimum absolute atomic E-state index is 0.106. The maximum absolute atomic E-state index is 11.3. The molecule has 0 fully saturated rings. The number of hydrogen-bond donors (Lipinski definition) is 2. The Labute approximate surface area is 120 Å². The van der Waals surface area contributed by atoms with E-state index in [0.717, 1.165) is 5.56 Å². The van der Waals surface area contributed by atoms with Crippen LogP contribution in [0.5, 0.6) is 0 Å². The number of carboxylic acid groups (broad SMARTS) is 1. The lowest BCUT2D eigenvalue weighted by Crippen LogP contribution is -2.32. The highest BCUT2D eigenvalue weighted by Gasteiger charge is 2.13. The van der Waals surface area contributed by atoms with Gasteiger partial charge >= 0.3 is 11.9 Å². The SMILES string of the molecule is COC(=O)c1cn(-c2ccc(C[C@H](N)C(=O)O)cc2)nn1. The Kier molecular flexibility index (Phi) is 4.29. The Bertz CT molecular complexity index is 650. The quantitative estimate of drug-likeness (QED) is 0.744. The summed E-state index contributed by atoms with van der Waals surface area (Å²) in [5.74, 6) is -1.61. The van der Waals surface area contributed by atoms with Crippen LogP contribution in [0.1, 0.15) is 16.1 Å². The standard InChI is InChI=1S/C13H14N4O4/c1-21-13(20)11-7-17(16-15-11)9-4-2-8(3-5-9)6-10(14)12(18)19/h2-5,7,10H,6,14H2,1H3,(H,18,19)/t10-/m0/s1. The van der Waals surface area contributed by atoms with E-state index < -0.39 is 18.0 Å². The molecule has 0 aliphatic rings. The fraction of sp³-hybridized carbons (Fsp3) is 0.231. The van der Waals surface area contributed by atoms with Gasteiger partial charge in [0.05, 0.1) is 19.0 Å². The minimum Gasteiger partial charge on any atom is -0.480 e. The van der Waals surface area contributed by atoms with Crippen LogP contribution in [0.3, 0.4) is 0 Å². The van der Waals surface area contributed by atoms with E-state index in [1.807, 2.05) is 0 Å². The zero-order valence-corrected chi connectivity index (χ0v) is 11.3. The third kappa shape index (κ3) is 3.42. The molecule has 0 unspecified atom stereocenters. The third-order valence-corrected chi connectivity index (χ3v) is 2.86. The lowest BCUT2D eigenvalue weighted by Gasteiger charge is -2.07. The van der Waals surface area contributed by atoms with Crippen molar-refractivity contribution < 1.29 is 19.4 Å². The normalized spacial score (nSPS) is 11.9. The van der Waals surface area contributed by atoms with Crippen LogP contribution in [0.2, 0.25) is 0 Å². The lowest BCUT2D eigenvalue weighted by atomic mass is 10.1. The van der Waals surface area contributed by atoms with Gasteiger partial charge in [-0.2, -0.15) is 0 Å². The molecule has 110 valence electrons. The molecular weight excluding hydrogens is 276 g/mol. The second-order valence-electron chi connectivity index (χ2n) is 4.36. The van der Waals surface area contributed by atoms with Crippen LogP contribution >= 0.6 is 0 Å². The van der Waals surface area contributed by atoms with E-state index >= 15 is 0 Å². The molecule has 3 N–H and O–H groups in total. The van der Waals surface area contributed by atoms with E-state index in [1.54, 1.807) is 24.3 Å². The second-order valence-corrected chi connectivity index (χ2v) is 4.36. The van der Waals surface area contributed by atoms with Crippen molar-refractivity contribution in [2.75, 3.05) is 7.11 Å². The van der Waals surface area contributed by atoms with Crippen molar-refractivity contribution in [1.29, 1.82) is 0 Å². The molecule has 1 heterocycles. The van der Waals surface area contributed by atoms with Crippen molar-refractivity contribution in [3.05, 3.63) is 41.7 Å². The second kappa shape index (κ2) is 6.14. The minimum atomic E-state index is -1.04. The van der Waals surface area contributed by atoms with E-state index in [1.165, 1.54) is 18.0 Å². The van der Waals surface area contributed by atoms with Crippen LogP contribution in [0.25, 0.3) is 5.69 Å². The summed E-state index contributed by atoms with van der Waals surface area (Å²) in [7, 11) is 1.27. The molecule has 0 amide bonds. The van der Waals surface area contributed by atoms with E-state index in [4.69, 9.17) is 10.8 Å². The summed E-state index contributed by atoms with van der Waals surface area (Å²) in [4.78, 5) is 22.0. The monoisotopic (exact) mass is 290 g/mol. The van der Waals surface area contributed by atoms with Crippen molar-refractivity contribution in [3.63, 3.8) is 0 Å². The van der Waals surface area contributed by atoms with Crippen molar-refractivity contribution in [1.82, 2.24) is 15.0 Å². The predicted molar refractivity (Wildman–Crippen MR) is 72.0 cm³/mol. The maximum atomic E-state index is 11.3. The van der Waals surface area contributed by atoms with Crippen LogP contribution in [0.15, 0.2) is 30.5 Å². The Balaban J connectivity index is 2.13. The van der Waals surface area contributed by atoms with Gasteiger partial charge in [0, 0.05) is 0 Å². The first-order chi connectivity index (χ1) is 10.0. The number of carbonyl (C=O) groups is 2. The molecule has 21 heavy (non-hydrogen) atoms. The molecular formula is C13H14N4O4. The number of methoxy groups -OCH3 is 1. The van der Waals surface area contributed by atoms with Crippen LogP contribution < -0.4 is 5.73 Å². The summed E-state index contributed by atoms with van der Waals surface area (Å²) >= 11 is 0. The third-order valence-electron chi connectivity index (χ3n) is 2.86. The van der Waals surface area contributed by atoms with Crippen molar-refractivity contribution >= 4 is 11.9 Å². The molecule has 2 aromatic rings. The number of rotatable bonds is 5. The van der Waals surface area contributed by atoms with Gasteiger partial charge in [0.15, 0.2) is 5.69 Å². The van der Waals surface area contributed by atoms with Crippen LogP contribution in [0.4, 0.5) is 0 Å². The van der Waals surface area contributed by atoms with Gasteiger partial charge in [0.2, 0.25) is 0 Å². The van der Waals surface area contributed by atoms with Crippen molar-refractivity contribution in [2.45, 2.75) is 12.5 Å². The first-order valence-corrected chi connectivity index (χ1v) is 6.09. The maximum Gasteiger partial charge on any atom is 0.360 e. The number of esters is 1. The Hall–Kier alpha value is -2.74. The molecule has 2 rings (SSSR count). The smallest absolute Gasteiger partial charge is 0.360 e. The van der Waals surface area contributed by atoms with E-state index in [0.29, 0.717) is 5.69 Å². The first-order valence-electron chi connectivity index (χ1n) is 6.09. The summed E-state index contributed by atoms with van der Waals surface area (Å²) < 4.78 is 5.97. The van der Waals surface area contributed by atoms with E-state index in [9.17, 15) is 9.59 Å². The fourth-order valence-corrected chi connectivity index (χ4v) is 1.71. The summed E-state index contributed by atoms with van der Waals surface area (Å²) in [5.41, 5.74) is 7.06. The summed E-state index contributed by atoms with van der Waals surface area (Å²) in [6, 6.07) is 6.03. The molecule has 0 aliphatic heterocycles. The van der Waals surface area contributed by atoms with Gasteiger partial charge in [-0.25, -0.2) is 9.48 Å². The number of nitrogens with zero attached hydrogens (tertiary/aromatic N) is 3. The van der Waals surface area contributed by atoms with Gasteiger partial charge in [0.25, 0.3) is 0 Å². The van der Waals surface area contributed by atoms with Crippen LogP contribution in [-0.2, 0) is 16.0 Å². The Morgan fingerprint density at radius 3 is 2.62 bits per heavy atom. The molecule has 0 saturated heterocycles. The number of carbonyl (C=O) groups excluding carboxylic acids is 1. The van der Waals surface area contributed by atoms with Crippen LogP contribution in [0, 0.1) is 0 Å². The van der Waals surface area contributed by atoms with Gasteiger partial charge in [-0.05, 0) is 24.1 Å². The highest BCUT2D eigenvalue weighted by Crippen LogP contribution is 2.11. The summed E-state index contributed by atoms with van der Waals surface area (Å²) in [6.07, 6.45) is 1.68. The highest BCUT2D eigenvalue weighted by atomic mass is 16.5. The number of hydrogen-bond acceptors (Lipinski definition) is 6. The first kappa shape index (κ1) is 14.7. The van der Waals surface area contributed by atoms with E-state index in [-0.39, 0.29) is 12.1 Å². The molecule has 1 aromatic carbocycles. The topological polar surface area (TPSA) is 120 Å². The summed E-state index contributed by atoms with van der Waals surface area (Å²) in [5, 5.41) is 16.3. The predicted octanol–water partition coefficient (Wildman–Crippen LogP) is 0.00830. The van der Waals surface area contributed by atoms with Crippen molar-refractivity contribution in [2.24, 2.45) is 5.73 Å². The Morgan fingerprint density at radius 2 is 2.05 bits per heavy atom. The fourth-order valence-electron chi connectivity index (χ4n) is 1.71. The number of aromatic nitrogens is 3. The number of nitrogens with two attached hydrogens (primary N) is 1. The van der Waals surface area contributed by atoms with E-state index in [2.05, 4.69) is 15.0 Å². The number of aliphatic carboxylic acids is 1. The lowest BCUT2D eigenvalue weighted by molar-refractivity contribution is -0.138. The average molecular weight is 290 g/mol. The molecule has 1 aromatic heterocycles. The Morgan fingerprint density at radius 1 is 1.38 bits per heavy atom. The molecule has 8 nitrogen and oxygen atoms in total. The molecule has 0 bridgehead atoms. The van der Waals surface area contributed by atoms with Crippen molar-refractivity contribution in [3.8, 4) is 5.69 Å². The summed E-state index contributed by atoms with van der Waals surface area (Å²) in [6.45, 7) is 0. The molecule has 0 saturated carbocycles. The molecule has 0 aliphatic carbocycles. The highest BCUT2D eigenvalue weighted by molar-refractivity contribution is 5.86. The molecule has 0 spiro atoms. The average Bonchev–Trinajstić information content (AvgIpc) is 2.97. The zero-order valence-electron chi connectivity index (χ0n) is 11.3. The number of carboxylic acids is 1. The number of benzene rings is 1.